The lowest BCUT2D eigenvalue weighted by Crippen LogP contribution is -2.53. The molecule has 5 nitrogen and oxygen atoms in total. The van der Waals surface area contributed by atoms with Gasteiger partial charge < -0.3 is 10.6 Å². The van der Waals surface area contributed by atoms with Crippen molar-refractivity contribution < 1.29 is 26.4 Å². The van der Waals surface area contributed by atoms with Crippen molar-refractivity contribution in [3.63, 3.8) is 0 Å². The summed E-state index contributed by atoms with van der Waals surface area (Å²) in [7, 11) is -4.02. The number of carbonyl (C=O) groups is 1. The van der Waals surface area contributed by atoms with Gasteiger partial charge >= 0.3 is 6.18 Å². The summed E-state index contributed by atoms with van der Waals surface area (Å²) in [4.78, 5) is 14.3. The Labute approximate surface area is 188 Å². The molecule has 9 heteroatoms. The van der Waals surface area contributed by atoms with Crippen molar-refractivity contribution in [2.24, 2.45) is 17.6 Å². The van der Waals surface area contributed by atoms with Crippen LogP contribution in [0.1, 0.15) is 64.4 Å². The number of carbonyl (C=O) groups excluding carboxylic acids is 1. The maximum Gasteiger partial charge on any atom is 0.416 e. The van der Waals surface area contributed by atoms with E-state index in [1.165, 1.54) is 12.5 Å². The van der Waals surface area contributed by atoms with Crippen molar-refractivity contribution in [1.29, 1.82) is 0 Å². The molecule has 1 aromatic carbocycles. The molecule has 2 aliphatic rings. The van der Waals surface area contributed by atoms with Gasteiger partial charge in [0.05, 0.1) is 21.2 Å². The molecule has 1 saturated carbocycles. The summed E-state index contributed by atoms with van der Waals surface area (Å²) in [5.41, 5.74) is 5.28. The largest absolute Gasteiger partial charge is 0.416 e. The van der Waals surface area contributed by atoms with Crippen molar-refractivity contribution >= 4 is 15.7 Å². The molecule has 1 atom stereocenters. The Morgan fingerprint density at radius 3 is 2.22 bits per heavy atom. The summed E-state index contributed by atoms with van der Waals surface area (Å²) in [5, 5.41) is 0. The molecule has 180 valence electrons. The summed E-state index contributed by atoms with van der Waals surface area (Å²) in [6.07, 6.45) is 1.61. The predicted molar refractivity (Wildman–Crippen MR) is 117 cm³/mol. The van der Waals surface area contributed by atoms with Crippen molar-refractivity contribution in [3.8, 4) is 0 Å². The summed E-state index contributed by atoms with van der Waals surface area (Å²) in [6.45, 7) is 3.95. The van der Waals surface area contributed by atoms with Crippen LogP contribution in [0.2, 0.25) is 0 Å². The molecule has 0 bridgehead atoms. The number of sulfone groups is 1. The Bertz CT molecular complexity index is 917. The Balaban J connectivity index is 1.69. The first kappa shape index (κ1) is 25.0. The number of amides is 1. The zero-order chi connectivity index (χ0) is 23.7. The van der Waals surface area contributed by atoms with Crippen molar-refractivity contribution in [2.45, 2.75) is 80.7 Å². The monoisotopic (exact) mass is 474 g/mol. The zero-order valence-electron chi connectivity index (χ0n) is 18.7. The van der Waals surface area contributed by atoms with E-state index in [1.54, 1.807) is 18.7 Å². The first-order chi connectivity index (χ1) is 14.9. The van der Waals surface area contributed by atoms with Crippen LogP contribution in [0.5, 0.6) is 0 Å². The topological polar surface area (TPSA) is 80.5 Å². The second-order valence-corrected chi connectivity index (χ2v) is 12.2. The highest BCUT2D eigenvalue weighted by Crippen LogP contribution is 2.39. The van der Waals surface area contributed by atoms with Crippen molar-refractivity contribution in [3.05, 3.63) is 29.8 Å². The molecule has 1 heterocycles. The maximum absolute atomic E-state index is 13.3. The molecule has 1 aliphatic heterocycles. The number of hydrogen-bond acceptors (Lipinski definition) is 4. The van der Waals surface area contributed by atoms with Gasteiger partial charge in [-0.25, -0.2) is 8.42 Å². The van der Waals surface area contributed by atoms with E-state index in [1.807, 2.05) is 0 Å². The number of nitrogens with two attached hydrogens (primary N) is 1. The molecule has 1 aliphatic carbocycles. The molecular weight excluding hydrogens is 441 g/mol. The third kappa shape index (κ3) is 4.98. The lowest BCUT2D eigenvalue weighted by atomic mass is 9.82. The fourth-order valence-electron chi connectivity index (χ4n) is 5.06. The van der Waals surface area contributed by atoms with E-state index < -0.39 is 32.4 Å². The third-order valence-electron chi connectivity index (χ3n) is 7.40. The van der Waals surface area contributed by atoms with Crippen LogP contribution < -0.4 is 5.73 Å². The molecule has 0 radical (unpaired) electrons. The maximum atomic E-state index is 13.3. The van der Waals surface area contributed by atoms with E-state index in [9.17, 15) is 26.4 Å². The van der Waals surface area contributed by atoms with Gasteiger partial charge in [-0.3, -0.25) is 4.79 Å². The van der Waals surface area contributed by atoms with Crippen LogP contribution in [0, 0.1) is 11.8 Å². The van der Waals surface area contributed by atoms with Gasteiger partial charge in [0.15, 0.2) is 9.84 Å². The van der Waals surface area contributed by atoms with Gasteiger partial charge in [0, 0.05) is 13.1 Å². The standard InChI is InChI=1S/C23H33F3N2O3S/c1-22(2,32(30,31)19-10-6-9-18(15-19)23(24,25)26)17-11-13-28(14-12-17)21(29)20(27)16-7-4-3-5-8-16/h6,9-10,15-17,20H,3-5,7-8,11-14,27H2,1-2H3/t20-/m0/s1. The highest BCUT2D eigenvalue weighted by molar-refractivity contribution is 7.92. The summed E-state index contributed by atoms with van der Waals surface area (Å²) in [6, 6.07) is 3.40. The lowest BCUT2D eigenvalue weighted by Gasteiger charge is -2.41. The number of halogens is 3. The summed E-state index contributed by atoms with van der Waals surface area (Å²) < 4.78 is 64.6. The Morgan fingerprint density at radius 1 is 1.06 bits per heavy atom. The third-order valence-corrected chi connectivity index (χ3v) is 9.99. The van der Waals surface area contributed by atoms with E-state index >= 15 is 0 Å². The molecule has 2 N–H and O–H groups in total. The number of rotatable bonds is 5. The van der Waals surface area contributed by atoms with Crippen LogP contribution in [-0.4, -0.2) is 43.1 Å². The average molecular weight is 475 g/mol. The smallest absolute Gasteiger partial charge is 0.341 e. The van der Waals surface area contributed by atoms with E-state index in [4.69, 9.17) is 5.73 Å². The van der Waals surface area contributed by atoms with E-state index in [2.05, 4.69) is 0 Å². The van der Waals surface area contributed by atoms with Gasteiger partial charge in [-0.15, -0.1) is 0 Å². The van der Waals surface area contributed by atoms with Crippen LogP contribution in [0.25, 0.3) is 0 Å². The highest BCUT2D eigenvalue weighted by atomic mass is 32.2. The van der Waals surface area contributed by atoms with Gasteiger partial charge in [0.25, 0.3) is 0 Å². The van der Waals surface area contributed by atoms with Gasteiger partial charge in [0.1, 0.15) is 0 Å². The number of nitrogens with zero attached hydrogens (tertiary/aromatic N) is 1. The lowest BCUT2D eigenvalue weighted by molar-refractivity contribution is -0.138. The van der Waals surface area contributed by atoms with Gasteiger partial charge in [0.2, 0.25) is 5.91 Å². The number of alkyl halides is 3. The van der Waals surface area contributed by atoms with Gasteiger partial charge in [-0.2, -0.15) is 13.2 Å². The molecule has 0 aromatic heterocycles. The molecule has 0 spiro atoms. The molecule has 32 heavy (non-hydrogen) atoms. The Hall–Kier alpha value is -1.61. The molecular formula is C23H33F3N2O3S. The fraction of sp³-hybridized carbons (Fsp3) is 0.696. The molecule has 1 amide bonds. The average Bonchev–Trinajstić information content (AvgIpc) is 2.78. The first-order valence-corrected chi connectivity index (χ1v) is 12.8. The number of likely N-dealkylation sites (tertiary alicyclic amines) is 1. The van der Waals surface area contributed by atoms with Crippen LogP contribution in [0.15, 0.2) is 29.2 Å². The van der Waals surface area contributed by atoms with Crippen LogP contribution in [0.3, 0.4) is 0 Å². The highest BCUT2D eigenvalue weighted by Gasteiger charge is 2.45. The minimum Gasteiger partial charge on any atom is -0.341 e. The summed E-state index contributed by atoms with van der Waals surface area (Å²) >= 11 is 0. The van der Waals surface area contributed by atoms with Crippen LogP contribution in [0.4, 0.5) is 13.2 Å². The van der Waals surface area contributed by atoms with Crippen molar-refractivity contribution in [2.75, 3.05) is 13.1 Å². The van der Waals surface area contributed by atoms with Crippen molar-refractivity contribution in [1.82, 2.24) is 4.90 Å². The Morgan fingerprint density at radius 2 is 1.66 bits per heavy atom. The predicted octanol–water partition coefficient (Wildman–Crippen LogP) is 4.40. The number of benzene rings is 1. The van der Waals surface area contributed by atoms with E-state index in [0.717, 1.165) is 37.8 Å². The second kappa shape index (κ2) is 9.33. The first-order valence-electron chi connectivity index (χ1n) is 11.3. The normalized spacial score (nSPS) is 20.9. The number of piperidine rings is 1. The van der Waals surface area contributed by atoms with Crippen LogP contribution >= 0.6 is 0 Å². The van der Waals surface area contributed by atoms with Gasteiger partial charge in [-0.05, 0) is 69.6 Å². The minimum atomic E-state index is -4.61. The Kier molecular flexibility index (Phi) is 7.29. The molecule has 3 rings (SSSR count). The molecule has 1 saturated heterocycles. The minimum absolute atomic E-state index is 0.0751. The van der Waals surface area contributed by atoms with E-state index in [0.29, 0.717) is 32.0 Å². The zero-order valence-corrected chi connectivity index (χ0v) is 19.5. The van der Waals surface area contributed by atoms with Crippen LogP contribution in [-0.2, 0) is 20.8 Å². The second-order valence-electron chi connectivity index (χ2n) is 9.66. The quantitative estimate of drug-likeness (QED) is 0.686. The van der Waals surface area contributed by atoms with E-state index in [-0.39, 0.29) is 22.6 Å². The SMILES string of the molecule is CC(C)(C1CCN(C(=O)[C@@H](N)C2CCCCC2)CC1)S(=O)(=O)c1cccc(C(F)(F)F)c1. The molecule has 0 unspecified atom stereocenters. The van der Waals surface area contributed by atoms with Gasteiger partial charge in [-0.1, -0.05) is 25.3 Å². The molecule has 2 fully saturated rings. The number of hydrogen-bond donors (Lipinski definition) is 1. The fourth-order valence-corrected chi connectivity index (χ4v) is 6.89. The molecule has 1 aromatic rings. The summed E-state index contributed by atoms with van der Waals surface area (Å²) in [5.74, 6) is -0.155.